The lowest BCUT2D eigenvalue weighted by Gasteiger charge is -2.43. The van der Waals surface area contributed by atoms with Crippen molar-refractivity contribution in [2.75, 3.05) is 26.9 Å². The summed E-state index contributed by atoms with van der Waals surface area (Å²) >= 11 is 0. The van der Waals surface area contributed by atoms with Gasteiger partial charge in [-0.2, -0.15) is 0 Å². The van der Waals surface area contributed by atoms with Gasteiger partial charge in [0.2, 0.25) is 5.79 Å². The molecule has 0 aromatic heterocycles. The van der Waals surface area contributed by atoms with Crippen LogP contribution in [0.5, 0.6) is 0 Å². The molecule has 2 unspecified atom stereocenters. The first-order valence-corrected chi connectivity index (χ1v) is 24.1. The highest BCUT2D eigenvalue weighted by Crippen LogP contribution is 2.38. The van der Waals surface area contributed by atoms with Crippen molar-refractivity contribution in [3.63, 3.8) is 0 Å². The number of Topliss-reactive ketones (excluding diaryl/α,β-unsaturated/α-hetero) is 3. The van der Waals surface area contributed by atoms with Gasteiger partial charge in [-0.25, -0.2) is 4.79 Å². The standard InChI is InChI=1S/C51H79NO13/c1-30-14-10-9-11-15-31(2)38(28-53)26-40-19-17-36(7)51(62,65-40)48(59)49(60)52-21-13-12-16-41(52)50(61)64-44(33(4)24-37-18-20-42(55)39(25-37)29-54)27-43(56)32(3)23-35(6)46(58)47(63-8)45(57)34(5)22-30/h9-11,14-15,23,30,32-34,36-42,44,46-47,53-55,58,62H,12-13,16-22,24-29H2,1-8H3/b11-9+,14-10+,31-15+,35-23+/t30-,32-,33-,34?,36-,37+,38-,39+,40+,41+,42-,44+,46-,47+,51?/m1/s1. The van der Waals surface area contributed by atoms with Crippen LogP contribution in [0.2, 0.25) is 0 Å². The summed E-state index contributed by atoms with van der Waals surface area (Å²) in [4.78, 5) is 71.6. The molecule has 3 fully saturated rings. The van der Waals surface area contributed by atoms with Crippen LogP contribution in [0.4, 0.5) is 0 Å². The lowest BCUT2D eigenvalue weighted by atomic mass is 9.75. The molecule has 1 amide bonds. The van der Waals surface area contributed by atoms with Gasteiger partial charge in [-0.05, 0) is 108 Å². The van der Waals surface area contributed by atoms with Gasteiger partial charge in [0.05, 0.1) is 12.2 Å². The summed E-state index contributed by atoms with van der Waals surface area (Å²) in [5.74, 6) is -8.94. The van der Waals surface area contributed by atoms with Gasteiger partial charge >= 0.3 is 5.97 Å². The fourth-order valence-corrected chi connectivity index (χ4v) is 10.3. The zero-order valence-electron chi connectivity index (χ0n) is 40.1. The summed E-state index contributed by atoms with van der Waals surface area (Å²) in [5.41, 5.74) is 1.22. The predicted octanol–water partition coefficient (Wildman–Crippen LogP) is 5.37. The van der Waals surface area contributed by atoms with E-state index in [2.05, 4.69) is 0 Å². The summed E-state index contributed by atoms with van der Waals surface area (Å²) in [6.07, 6.45) is 11.3. The third kappa shape index (κ3) is 14.3. The van der Waals surface area contributed by atoms with Crippen LogP contribution in [-0.4, -0.2) is 129 Å². The highest BCUT2D eigenvalue weighted by atomic mass is 16.6. The molecule has 0 radical (unpaired) electrons. The predicted molar refractivity (Wildman–Crippen MR) is 245 cm³/mol. The first-order valence-electron chi connectivity index (χ1n) is 24.1. The summed E-state index contributed by atoms with van der Waals surface area (Å²) in [5, 5.41) is 54.1. The summed E-state index contributed by atoms with van der Waals surface area (Å²) in [6.45, 7) is 12.2. The van der Waals surface area contributed by atoms with E-state index in [4.69, 9.17) is 14.2 Å². The summed E-state index contributed by atoms with van der Waals surface area (Å²) in [6, 6.07) is -1.17. The lowest BCUT2D eigenvalue weighted by Crippen LogP contribution is -2.60. The molecule has 14 nitrogen and oxygen atoms in total. The molecule has 0 aromatic rings. The van der Waals surface area contributed by atoms with Crippen molar-refractivity contribution >= 4 is 29.2 Å². The van der Waals surface area contributed by atoms with E-state index in [1.165, 1.54) is 7.11 Å². The minimum atomic E-state index is -2.46. The number of esters is 1. The molecule has 366 valence electrons. The van der Waals surface area contributed by atoms with Crippen molar-refractivity contribution in [3.8, 4) is 0 Å². The third-order valence-corrected chi connectivity index (χ3v) is 14.7. The molecule has 3 aliphatic heterocycles. The number of carbonyl (C=O) groups is 5. The number of hydrogen-bond acceptors (Lipinski definition) is 13. The van der Waals surface area contributed by atoms with Crippen LogP contribution >= 0.6 is 0 Å². The van der Waals surface area contributed by atoms with Crippen molar-refractivity contribution in [2.24, 2.45) is 47.3 Å². The van der Waals surface area contributed by atoms with Crippen molar-refractivity contribution in [1.29, 1.82) is 0 Å². The van der Waals surface area contributed by atoms with Gasteiger partial charge in [0.15, 0.2) is 5.78 Å². The van der Waals surface area contributed by atoms with Crippen molar-refractivity contribution < 1.29 is 63.7 Å². The Bertz CT molecular complexity index is 1760. The van der Waals surface area contributed by atoms with Crippen LogP contribution in [0, 0.1) is 47.3 Å². The van der Waals surface area contributed by atoms with E-state index in [1.807, 2.05) is 51.2 Å². The second-order valence-corrected chi connectivity index (χ2v) is 19.9. The van der Waals surface area contributed by atoms with E-state index in [9.17, 15) is 49.5 Å². The SMILES string of the molecule is CO[C@H]1C(=O)C(C)C[C@H](C)/C=C/C=C/C=C(\C)[C@@H](CO)C[C@@H]2CC[C@@H](C)C(O)(O2)C(=O)C(=O)N2CCCC[C@H]2C(=O)O[C@H]([C@H](C)C[C@@H]2CC[C@@H](O)[C@H](CO)C2)CC(=O)[C@H](C)/C=C(\C)[C@H]1O. The topological polar surface area (TPSA) is 217 Å². The largest absolute Gasteiger partial charge is 0.460 e. The monoisotopic (exact) mass is 914 g/mol. The Hall–Kier alpha value is -3.37. The van der Waals surface area contributed by atoms with Gasteiger partial charge in [-0.1, -0.05) is 76.6 Å². The highest BCUT2D eigenvalue weighted by Gasteiger charge is 2.53. The fourth-order valence-electron chi connectivity index (χ4n) is 10.3. The molecule has 1 aliphatic carbocycles. The molecule has 4 rings (SSSR count). The Morgan fingerprint density at radius 3 is 2.28 bits per heavy atom. The Balaban J connectivity index is 1.70. The van der Waals surface area contributed by atoms with E-state index < -0.39 is 77.8 Å². The van der Waals surface area contributed by atoms with Gasteiger partial charge in [-0.3, -0.25) is 19.2 Å². The lowest BCUT2D eigenvalue weighted by molar-refractivity contribution is -0.265. The van der Waals surface area contributed by atoms with E-state index in [0.717, 1.165) is 10.5 Å². The van der Waals surface area contributed by atoms with E-state index in [1.54, 1.807) is 33.8 Å². The Labute approximate surface area is 386 Å². The number of amides is 1. The molecule has 0 spiro atoms. The second-order valence-electron chi connectivity index (χ2n) is 19.9. The highest BCUT2D eigenvalue weighted by molar-refractivity contribution is 6.39. The van der Waals surface area contributed by atoms with Crippen LogP contribution in [0.3, 0.4) is 0 Å². The number of hydrogen-bond donors (Lipinski definition) is 5. The fraction of sp³-hybridized carbons (Fsp3) is 0.745. The molecule has 1 saturated carbocycles. The van der Waals surface area contributed by atoms with Crippen LogP contribution in [-0.2, 0) is 38.2 Å². The van der Waals surface area contributed by atoms with Crippen molar-refractivity contribution in [1.82, 2.24) is 4.90 Å². The zero-order valence-corrected chi connectivity index (χ0v) is 40.1. The van der Waals surface area contributed by atoms with Gasteiger partial charge in [0, 0.05) is 62.9 Å². The molecular weight excluding hydrogens is 835 g/mol. The summed E-state index contributed by atoms with van der Waals surface area (Å²) in [7, 11) is 1.37. The number of allylic oxidation sites excluding steroid dienone is 6. The molecular formula is C51H79NO13. The van der Waals surface area contributed by atoms with Crippen LogP contribution in [0.1, 0.15) is 126 Å². The van der Waals surface area contributed by atoms with Crippen LogP contribution in [0.15, 0.2) is 47.6 Å². The molecule has 2 saturated heterocycles. The smallest absolute Gasteiger partial charge is 0.329 e. The molecule has 15 atom stereocenters. The Morgan fingerprint density at radius 1 is 0.877 bits per heavy atom. The second kappa shape index (κ2) is 25.1. The van der Waals surface area contributed by atoms with Crippen molar-refractivity contribution in [3.05, 3.63) is 47.6 Å². The van der Waals surface area contributed by atoms with Gasteiger partial charge in [0.25, 0.3) is 11.7 Å². The minimum absolute atomic E-state index is 0.000906. The zero-order chi connectivity index (χ0) is 48.2. The van der Waals surface area contributed by atoms with E-state index in [-0.39, 0.29) is 80.2 Å². The number of aliphatic hydroxyl groups excluding tert-OH is 4. The number of aliphatic hydroxyl groups is 5. The number of cyclic esters (lactones) is 1. The van der Waals surface area contributed by atoms with E-state index >= 15 is 0 Å². The number of piperidine rings is 1. The van der Waals surface area contributed by atoms with Gasteiger partial charge < -0.3 is 44.6 Å². The number of carbonyl (C=O) groups excluding carboxylic acids is 5. The van der Waals surface area contributed by atoms with E-state index in [0.29, 0.717) is 63.4 Å². The maximum atomic E-state index is 14.3. The average Bonchev–Trinajstić information content (AvgIpc) is 3.28. The number of ether oxygens (including phenoxy) is 3. The van der Waals surface area contributed by atoms with Crippen LogP contribution in [0.25, 0.3) is 0 Å². The maximum absolute atomic E-state index is 14.3. The average molecular weight is 914 g/mol. The first-order chi connectivity index (χ1) is 30.7. The molecule has 2 bridgehead atoms. The Morgan fingerprint density at radius 2 is 1.60 bits per heavy atom. The van der Waals surface area contributed by atoms with Crippen molar-refractivity contribution in [2.45, 2.75) is 168 Å². The molecule has 0 aromatic carbocycles. The van der Waals surface area contributed by atoms with Crippen LogP contribution < -0.4 is 0 Å². The first kappa shape index (κ1) is 54.2. The molecule has 65 heavy (non-hydrogen) atoms. The molecule has 14 heteroatoms. The maximum Gasteiger partial charge on any atom is 0.329 e. The molecule has 3 heterocycles. The third-order valence-electron chi connectivity index (χ3n) is 14.7. The van der Waals surface area contributed by atoms with Gasteiger partial charge in [-0.15, -0.1) is 0 Å². The summed E-state index contributed by atoms with van der Waals surface area (Å²) < 4.78 is 17.9. The number of methoxy groups -OCH3 is 1. The molecule has 5 N–H and O–H groups in total. The normalized spacial score (nSPS) is 40.4. The number of nitrogens with zero attached hydrogens (tertiary/aromatic N) is 1. The van der Waals surface area contributed by atoms with Gasteiger partial charge in [0.1, 0.15) is 30.1 Å². The Kier molecular flexibility index (Phi) is 21.0. The number of ketones is 3. The molecule has 4 aliphatic rings. The minimum Gasteiger partial charge on any atom is -0.460 e. The quantitative estimate of drug-likeness (QED) is 0.129. The number of fused-ring (bicyclic) bond motifs is 3. The number of rotatable bonds is 6.